The number of amides is 1. The molecule has 1 aromatic heterocycles. The Bertz CT molecular complexity index is 1680. The molecule has 0 aliphatic carbocycles. The van der Waals surface area contributed by atoms with Gasteiger partial charge in [0.1, 0.15) is 36.1 Å². The zero-order chi connectivity index (χ0) is 31.2. The number of nitrogens with zero attached hydrogens (tertiary/aromatic N) is 3. The molecule has 4 aromatic rings. The molecule has 228 valence electrons. The predicted octanol–water partition coefficient (Wildman–Crippen LogP) is 6.05. The Hall–Kier alpha value is -4.83. The van der Waals surface area contributed by atoms with Crippen LogP contribution in [0.15, 0.2) is 84.7 Å². The molecule has 1 fully saturated rings. The molecule has 1 aliphatic heterocycles. The molecular formula is C34H35N3O6S. The van der Waals surface area contributed by atoms with Crippen LogP contribution in [-0.4, -0.2) is 59.4 Å². The second-order valence-electron chi connectivity index (χ2n) is 10.3. The second kappa shape index (κ2) is 13.6. The first-order valence-corrected chi connectivity index (χ1v) is 14.8. The number of hydrogen-bond acceptors (Lipinski definition) is 7. The van der Waals surface area contributed by atoms with Gasteiger partial charge in [-0.1, -0.05) is 18.2 Å². The number of rotatable bonds is 12. The van der Waals surface area contributed by atoms with E-state index in [0.717, 1.165) is 28.0 Å². The Morgan fingerprint density at radius 3 is 2.27 bits per heavy atom. The summed E-state index contributed by atoms with van der Waals surface area (Å²) in [6.45, 7) is 7.21. The number of carbonyl (C=O) groups excluding carboxylic acids is 2. The number of methoxy groups -OCH3 is 1. The average Bonchev–Trinajstić information content (AvgIpc) is 3.48. The van der Waals surface area contributed by atoms with E-state index in [1.54, 1.807) is 30.3 Å². The lowest BCUT2D eigenvalue weighted by atomic mass is 10.1. The number of ether oxygens (including phenoxy) is 4. The zero-order valence-electron chi connectivity index (χ0n) is 25.2. The minimum absolute atomic E-state index is 0.103. The van der Waals surface area contributed by atoms with Crippen LogP contribution < -0.4 is 19.1 Å². The molecular weight excluding hydrogens is 578 g/mol. The van der Waals surface area contributed by atoms with Crippen molar-refractivity contribution in [3.05, 3.63) is 90.3 Å². The van der Waals surface area contributed by atoms with Crippen molar-refractivity contribution in [1.82, 2.24) is 9.47 Å². The Kier molecular flexibility index (Phi) is 9.50. The van der Waals surface area contributed by atoms with Gasteiger partial charge in [-0.25, -0.2) is 0 Å². The van der Waals surface area contributed by atoms with Crippen molar-refractivity contribution >= 4 is 51.9 Å². The van der Waals surface area contributed by atoms with Crippen LogP contribution in [0.2, 0.25) is 0 Å². The van der Waals surface area contributed by atoms with Crippen molar-refractivity contribution in [2.24, 2.45) is 0 Å². The van der Waals surface area contributed by atoms with Gasteiger partial charge in [-0.3, -0.25) is 14.5 Å². The summed E-state index contributed by atoms with van der Waals surface area (Å²) in [6.07, 6.45) is 3.86. The monoisotopic (exact) mass is 613 g/mol. The third-order valence-electron chi connectivity index (χ3n) is 6.96. The molecule has 2 heterocycles. The molecule has 5 rings (SSSR count). The van der Waals surface area contributed by atoms with E-state index in [2.05, 4.69) is 4.57 Å². The van der Waals surface area contributed by atoms with Crippen LogP contribution in [-0.2, 0) is 20.9 Å². The number of esters is 1. The number of aromatic nitrogens is 1. The Morgan fingerprint density at radius 1 is 0.932 bits per heavy atom. The highest BCUT2D eigenvalue weighted by molar-refractivity contribution is 7.80. The van der Waals surface area contributed by atoms with Gasteiger partial charge in [0.05, 0.1) is 32.1 Å². The van der Waals surface area contributed by atoms with Crippen molar-refractivity contribution in [3.63, 3.8) is 0 Å². The molecule has 10 heteroatoms. The number of anilines is 1. The normalized spacial score (nSPS) is 14.2. The highest BCUT2D eigenvalue weighted by Gasteiger charge is 2.40. The molecule has 9 nitrogen and oxygen atoms in total. The molecule has 0 unspecified atom stereocenters. The molecule has 0 spiro atoms. The fraction of sp³-hybridized carbons (Fsp3) is 0.265. The van der Waals surface area contributed by atoms with Crippen LogP contribution >= 0.6 is 12.2 Å². The van der Waals surface area contributed by atoms with Gasteiger partial charge in [0.25, 0.3) is 5.91 Å². The summed E-state index contributed by atoms with van der Waals surface area (Å²) in [5.74, 6) is 1.38. The number of benzene rings is 3. The van der Waals surface area contributed by atoms with Crippen molar-refractivity contribution in [2.75, 3.05) is 31.8 Å². The van der Waals surface area contributed by atoms with Crippen molar-refractivity contribution in [1.29, 1.82) is 0 Å². The maximum Gasteiger partial charge on any atom is 0.325 e. The molecule has 0 saturated carbocycles. The van der Waals surface area contributed by atoms with Crippen molar-refractivity contribution in [2.45, 2.75) is 33.4 Å². The molecule has 44 heavy (non-hydrogen) atoms. The SMILES string of the molecule is CCOc1ccc(N2C(=O)/C(=C/c3cn(CCOc4ccc(OC(C)C)cc4)c4ccccc34)N(CC(=O)OC)C2=S)cc1. The van der Waals surface area contributed by atoms with Crippen LogP contribution in [0.1, 0.15) is 26.3 Å². The maximum atomic E-state index is 13.9. The molecule has 1 aliphatic rings. The van der Waals surface area contributed by atoms with Crippen molar-refractivity contribution in [3.8, 4) is 17.2 Å². The van der Waals surface area contributed by atoms with E-state index in [1.807, 2.05) is 75.5 Å². The quantitative estimate of drug-likeness (QED) is 0.109. The highest BCUT2D eigenvalue weighted by atomic mass is 32.1. The number of thiocarbonyl (C=S) groups is 1. The Morgan fingerprint density at radius 2 is 1.59 bits per heavy atom. The number of fused-ring (bicyclic) bond motifs is 1. The van der Waals surface area contributed by atoms with E-state index in [0.29, 0.717) is 31.2 Å². The fourth-order valence-corrected chi connectivity index (χ4v) is 5.33. The standard InChI is InChI=1S/C34H35N3O6S/c1-5-41-26-12-10-25(11-13-26)37-33(39)31(36(34(37)44)22-32(38)40-4)20-24-21-35(30-9-7-6-8-29(24)30)18-19-42-27-14-16-28(17-15-27)43-23(2)3/h6-17,20-21,23H,5,18-19,22H2,1-4H3/b31-20-. The lowest BCUT2D eigenvalue weighted by molar-refractivity contribution is -0.140. The minimum Gasteiger partial charge on any atom is -0.494 e. The molecule has 0 bridgehead atoms. The second-order valence-corrected chi connectivity index (χ2v) is 10.7. The average molecular weight is 614 g/mol. The summed E-state index contributed by atoms with van der Waals surface area (Å²) in [5, 5.41) is 1.14. The highest BCUT2D eigenvalue weighted by Crippen LogP contribution is 2.32. The number of hydrogen-bond donors (Lipinski definition) is 0. The number of carbonyl (C=O) groups is 2. The van der Waals surface area contributed by atoms with Crippen LogP contribution in [0.25, 0.3) is 17.0 Å². The fourth-order valence-electron chi connectivity index (χ4n) is 4.98. The largest absolute Gasteiger partial charge is 0.494 e. The first-order chi connectivity index (χ1) is 21.3. The van der Waals surface area contributed by atoms with Gasteiger partial charge in [0.15, 0.2) is 5.11 Å². The lowest BCUT2D eigenvalue weighted by Gasteiger charge is -2.19. The van der Waals surface area contributed by atoms with Gasteiger partial charge < -0.3 is 28.4 Å². The number of para-hydroxylation sites is 1. The van der Waals surface area contributed by atoms with E-state index < -0.39 is 5.97 Å². The topological polar surface area (TPSA) is 82.5 Å². The van der Waals surface area contributed by atoms with E-state index in [-0.39, 0.29) is 29.4 Å². The summed E-state index contributed by atoms with van der Waals surface area (Å²) in [7, 11) is 1.31. The molecule has 0 atom stereocenters. The van der Waals surface area contributed by atoms with Crippen LogP contribution in [0.3, 0.4) is 0 Å². The molecule has 0 radical (unpaired) electrons. The van der Waals surface area contributed by atoms with Crippen LogP contribution in [0.4, 0.5) is 5.69 Å². The smallest absolute Gasteiger partial charge is 0.325 e. The molecule has 0 N–H and O–H groups in total. The van der Waals surface area contributed by atoms with Crippen molar-refractivity contribution < 1.29 is 28.5 Å². The van der Waals surface area contributed by atoms with E-state index in [9.17, 15) is 9.59 Å². The third-order valence-corrected chi connectivity index (χ3v) is 7.37. The molecule has 1 amide bonds. The van der Waals surface area contributed by atoms with Crippen LogP contribution in [0.5, 0.6) is 17.2 Å². The Balaban J connectivity index is 1.42. The van der Waals surface area contributed by atoms with Gasteiger partial charge >= 0.3 is 5.97 Å². The van der Waals surface area contributed by atoms with E-state index in [1.165, 1.54) is 16.9 Å². The van der Waals surface area contributed by atoms with Crippen LogP contribution in [0, 0.1) is 0 Å². The Labute approximate surface area is 262 Å². The summed E-state index contributed by atoms with van der Waals surface area (Å²) >= 11 is 5.72. The van der Waals surface area contributed by atoms with Gasteiger partial charge in [-0.15, -0.1) is 0 Å². The summed E-state index contributed by atoms with van der Waals surface area (Å²) < 4.78 is 24.3. The first-order valence-electron chi connectivity index (χ1n) is 14.4. The van der Waals surface area contributed by atoms with Gasteiger partial charge in [0.2, 0.25) is 0 Å². The lowest BCUT2D eigenvalue weighted by Crippen LogP contribution is -2.35. The summed E-state index contributed by atoms with van der Waals surface area (Å²) in [5.41, 5.74) is 2.65. The van der Waals surface area contributed by atoms with E-state index >= 15 is 0 Å². The molecule has 3 aromatic carbocycles. The summed E-state index contributed by atoms with van der Waals surface area (Å²) in [4.78, 5) is 29.2. The van der Waals surface area contributed by atoms with Gasteiger partial charge in [-0.05, 0) is 93.7 Å². The minimum atomic E-state index is -0.511. The molecule has 1 saturated heterocycles. The maximum absolute atomic E-state index is 13.9. The predicted molar refractivity (Wildman–Crippen MR) is 174 cm³/mol. The first kappa shape index (κ1) is 30.6. The zero-order valence-corrected chi connectivity index (χ0v) is 26.0. The summed E-state index contributed by atoms with van der Waals surface area (Å²) in [6, 6.07) is 22.6. The van der Waals surface area contributed by atoms with Gasteiger partial charge in [0, 0.05) is 22.7 Å². The third kappa shape index (κ3) is 6.70. The van der Waals surface area contributed by atoms with Gasteiger partial charge in [-0.2, -0.15) is 0 Å². The van der Waals surface area contributed by atoms with E-state index in [4.69, 9.17) is 31.2 Å².